The first-order valence-corrected chi connectivity index (χ1v) is 6.47. The van der Waals surface area contributed by atoms with Gasteiger partial charge in [-0.1, -0.05) is 13.8 Å². The maximum atomic E-state index is 5.95. The highest BCUT2D eigenvalue weighted by Gasteiger charge is 2.09. The average molecular weight is 243 g/mol. The number of nitrogens with two attached hydrogens (primary N) is 1. The molecule has 3 heteroatoms. The Labute approximate surface area is 108 Å². The molecule has 1 aromatic carbocycles. The summed E-state index contributed by atoms with van der Waals surface area (Å²) < 4.78 is 0. The molecular formula is C15H21N3. The van der Waals surface area contributed by atoms with E-state index < -0.39 is 0 Å². The molecular weight excluding hydrogens is 222 g/mol. The van der Waals surface area contributed by atoms with Crippen molar-refractivity contribution >= 4 is 22.3 Å². The van der Waals surface area contributed by atoms with Gasteiger partial charge in [-0.3, -0.25) is 4.98 Å². The summed E-state index contributed by atoms with van der Waals surface area (Å²) in [5, 5.41) is 4.64. The molecule has 1 atom stereocenters. The fraction of sp³-hybridized carbons (Fsp3) is 0.400. The second-order valence-electron chi connectivity index (χ2n) is 5.28. The zero-order valence-electron chi connectivity index (χ0n) is 11.3. The van der Waals surface area contributed by atoms with E-state index in [1.807, 2.05) is 18.2 Å². The minimum Gasteiger partial charge on any atom is -0.397 e. The van der Waals surface area contributed by atoms with Crippen LogP contribution in [-0.4, -0.2) is 11.0 Å². The third-order valence-electron chi connectivity index (χ3n) is 3.03. The molecule has 0 fully saturated rings. The zero-order chi connectivity index (χ0) is 13.1. The van der Waals surface area contributed by atoms with E-state index in [1.165, 1.54) is 0 Å². The number of fused-ring (bicyclic) bond motifs is 1. The standard InChI is InChI=1S/C15H21N3/c1-10(2)9-11(3)18-14-7-6-13(16)15-12(14)5-4-8-17-15/h4-8,10-11,18H,9,16H2,1-3H3. The van der Waals surface area contributed by atoms with Crippen molar-refractivity contribution in [2.45, 2.75) is 33.2 Å². The smallest absolute Gasteiger partial charge is 0.0951 e. The highest BCUT2D eigenvalue weighted by Crippen LogP contribution is 2.27. The topological polar surface area (TPSA) is 50.9 Å². The molecule has 0 aliphatic rings. The van der Waals surface area contributed by atoms with Crippen LogP contribution in [0.4, 0.5) is 11.4 Å². The van der Waals surface area contributed by atoms with Crippen molar-refractivity contribution < 1.29 is 0 Å². The van der Waals surface area contributed by atoms with Crippen molar-refractivity contribution in [2.24, 2.45) is 5.92 Å². The van der Waals surface area contributed by atoms with E-state index in [1.54, 1.807) is 6.20 Å². The van der Waals surface area contributed by atoms with Gasteiger partial charge in [0.1, 0.15) is 0 Å². The van der Waals surface area contributed by atoms with Gasteiger partial charge in [0.2, 0.25) is 0 Å². The lowest BCUT2D eigenvalue weighted by molar-refractivity contribution is 0.540. The number of nitrogens with one attached hydrogen (secondary N) is 1. The molecule has 3 nitrogen and oxygen atoms in total. The van der Waals surface area contributed by atoms with Gasteiger partial charge in [-0.05, 0) is 43.5 Å². The summed E-state index contributed by atoms with van der Waals surface area (Å²) in [5.74, 6) is 0.686. The van der Waals surface area contributed by atoms with Crippen LogP contribution in [0.25, 0.3) is 10.9 Å². The number of nitrogens with zero attached hydrogens (tertiary/aromatic N) is 1. The maximum Gasteiger partial charge on any atom is 0.0951 e. The van der Waals surface area contributed by atoms with E-state index in [0.717, 1.165) is 28.7 Å². The Morgan fingerprint density at radius 1 is 1.22 bits per heavy atom. The number of hydrogen-bond acceptors (Lipinski definition) is 3. The van der Waals surface area contributed by atoms with Crippen LogP contribution >= 0.6 is 0 Å². The summed E-state index contributed by atoms with van der Waals surface area (Å²) in [5.41, 5.74) is 8.66. The minimum absolute atomic E-state index is 0.442. The van der Waals surface area contributed by atoms with Crippen LogP contribution in [0.15, 0.2) is 30.5 Å². The third-order valence-corrected chi connectivity index (χ3v) is 3.03. The quantitative estimate of drug-likeness (QED) is 0.806. The van der Waals surface area contributed by atoms with Gasteiger partial charge in [-0.2, -0.15) is 0 Å². The van der Waals surface area contributed by atoms with E-state index in [0.29, 0.717) is 12.0 Å². The molecule has 96 valence electrons. The van der Waals surface area contributed by atoms with Crippen LogP contribution in [0.3, 0.4) is 0 Å². The Bertz CT molecular complexity index is 534. The van der Waals surface area contributed by atoms with Gasteiger partial charge in [0.15, 0.2) is 0 Å². The average Bonchev–Trinajstić information content (AvgIpc) is 2.32. The van der Waals surface area contributed by atoms with Crippen LogP contribution in [0.5, 0.6) is 0 Å². The molecule has 0 saturated carbocycles. The van der Waals surface area contributed by atoms with E-state index >= 15 is 0 Å². The Morgan fingerprint density at radius 2 is 2.00 bits per heavy atom. The molecule has 0 saturated heterocycles. The maximum absolute atomic E-state index is 5.95. The lowest BCUT2D eigenvalue weighted by Gasteiger charge is -2.18. The largest absolute Gasteiger partial charge is 0.397 e. The molecule has 0 radical (unpaired) electrons. The van der Waals surface area contributed by atoms with Gasteiger partial charge in [0.25, 0.3) is 0 Å². The van der Waals surface area contributed by atoms with Gasteiger partial charge >= 0.3 is 0 Å². The summed E-state index contributed by atoms with van der Waals surface area (Å²) in [6, 6.07) is 8.40. The number of hydrogen-bond donors (Lipinski definition) is 2. The molecule has 1 aromatic heterocycles. The highest BCUT2D eigenvalue weighted by molar-refractivity contribution is 5.98. The lowest BCUT2D eigenvalue weighted by atomic mass is 10.0. The second kappa shape index (κ2) is 5.25. The van der Waals surface area contributed by atoms with Crippen molar-refractivity contribution in [3.05, 3.63) is 30.5 Å². The summed E-state index contributed by atoms with van der Waals surface area (Å²) >= 11 is 0. The first-order chi connectivity index (χ1) is 8.58. The molecule has 3 N–H and O–H groups in total. The van der Waals surface area contributed by atoms with Crippen molar-refractivity contribution in [3.8, 4) is 0 Å². The Hall–Kier alpha value is -1.77. The van der Waals surface area contributed by atoms with Gasteiger partial charge in [-0.15, -0.1) is 0 Å². The summed E-state index contributed by atoms with van der Waals surface area (Å²) in [7, 11) is 0. The van der Waals surface area contributed by atoms with E-state index in [-0.39, 0.29) is 0 Å². The molecule has 0 aliphatic carbocycles. The van der Waals surface area contributed by atoms with Crippen molar-refractivity contribution in [3.63, 3.8) is 0 Å². The van der Waals surface area contributed by atoms with Crippen molar-refractivity contribution in [1.29, 1.82) is 0 Å². The van der Waals surface area contributed by atoms with Crippen LogP contribution < -0.4 is 11.1 Å². The Kier molecular flexibility index (Phi) is 3.70. The van der Waals surface area contributed by atoms with Gasteiger partial charge in [0, 0.05) is 23.3 Å². The molecule has 0 aliphatic heterocycles. The number of aromatic nitrogens is 1. The molecule has 0 bridgehead atoms. The Morgan fingerprint density at radius 3 is 2.72 bits per heavy atom. The van der Waals surface area contributed by atoms with Crippen molar-refractivity contribution in [2.75, 3.05) is 11.1 Å². The number of rotatable bonds is 4. The molecule has 18 heavy (non-hydrogen) atoms. The predicted octanol–water partition coefficient (Wildman–Crippen LogP) is 3.66. The fourth-order valence-corrected chi connectivity index (χ4v) is 2.35. The SMILES string of the molecule is CC(C)CC(C)Nc1ccc(N)c2ncccc12. The molecule has 1 unspecified atom stereocenters. The van der Waals surface area contributed by atoms with Crippen LogP contribution in [0.2, 0.25) is 0 Å². The monoisotopic (exact) mass is 243 g/mol. The third kappa shape index (κ3) is 2.73. The summed E-state index contributed by atoms with van der Waals surface area (Å²) in [6.45, 7) is 6.68. The molecule has 0 spiro atoms. The van der Waals surface area contributed by atoms with Crippen LogP contribution in [0.1, 0.15) is 27.2 Å². The van der Waals surface area contributed by atoms with Gasteiger partial charge in [0.05, 0.1) is 11.2 Å². The molecule has 0 amide bonds. The summed E-state index contributed by atoms with van der Waals surface area (Å²) in [6.07, 6.45) is 2.92. The number of nitrogen functional groups attached to an aromatic ring is 1. The van der Waals surface area contributed by atoms with Crippen molar-refractivity contribution in [1.82, 2.24) is 4.98 Å². The van der Waals surface area contributed by atoms with E-state index in [9.17, 15) is 0 Å². The van der Waals surface area contributed by atoms with E-state index in [2.05, 4.69) is 37.1 Å². The minimum atomic E-state index is 0.442. The second-order valence-corrected chi connectivity index (χ2v) is 5.28. The van der Waals surface area contributed by atoms with Crippen LogP contribution in [0, 0.1) is 5.92 Å². The number of anilines is 2. The van der Waals surface area contributed by atoms with E-state index in [4.69, 9.17) is 5.73 Å². The normalized spacial score (nSPS) is 12.9. The van der Waals surface area contributed by atoms with Gasteiger partial charge < -0.3 is 11.1 Å². The zero-order valence-corrected chi connectivity index (χ0v) is 11.3. The Balaban J connectivity index is 2.31. The molecule has 1 heterocycles. The molecule has 2 aromatic rings. The van der Waals surface area contributed by atoms with Crippen LogP contribution in [-0.2, 0) is 0 Å². The number of benzene rings is 1. The fourth-order valence-electron chi connectivity index (χ4n) is 2.35. The highest BCUT2D eigenvalue weighted by atomic mass is 14.9. The first-order valence-electron chi connectivity index (χ1n) is 6.47. The number of pyridine rings is 1. The molecule has 2 rings (SSSR count). The lowest BCUT2D eigenvalue weighted by Crippen LogP contribution is -2.17. The van der Waals surface area contributed by atoms with Gasteiger partial charge in [-0.25, -0.2) is 0 Å². The summed E-state index contributed by atoms with van der Waals surface area (Å²) in [4.78, 5) is 4.34. The first kappa shape index (κ1) is 12.7. The predicted molar refractivity (Wildman–Crippen MR) is 78.7 cm³/mol.